The van der Waals surface area contributed by atoms with E-state index in [2.05, 4.69) is 0 Å². The maximum Gasteiger partial charge on any atom is 0.338 e. The fourth-order valence-corrected chi connectivity index (χ4v) is 6.52. The summed E-state index contributed by atoms with van der Waals surface area (Å²) in [7, 11) is 1.45. The Bertz CT molecular complexity index is 2210. The molecule has 0 bridgehead atoms. The molecule has 0 aliphatic carbocycles. The summed E-state index contributed by atoms with van der Waals surface area (Å²) in [6.45, 7) is 6.91. The number of ether oxygens (including phenoxy) is 3. The molecule has 2 aromatic heterocycles. The van der Waals surface area contributed by atoms with Crippen LogP contribution >= 0.6 is 11.3 Å². The topological polar surface area (TPSA) is 114 Å². The minimum atomic E-state index is -0.878. The average molecular weight is 649 g/mol. The van der Waals surface area contributed by atoms with Gasteiger partial charge in [0.25, 0.3) is 5.56 Å². The van der Waals surface area contributed by atoms with Crippen LogP contribution in [0.4, 0.5) is 0 Å². The van der Waals surface area contributed by atoms with E-state index < -0.39 is 18.0 Å². The number of fused-ring (bicyclic) bond motifs is 1. The summed E-state index contributed by atoms with van der Waals surface area (Å²) in [5, 5.41) is 4.90. The molecule has 6 rings (SSSR count). The van der Waals surface area contributed by atoms with E-state index in [1.807, 2.05) is 73.8 Å². The number of carbonyl (C=O) groups excluding carboxylic acids is 2. The van der Waals surface area contributed by atoms with Crippen LogP contribution in [0.25, 0.3) is 23.0 Å². The number of para-hydroxylation sites is 1. The first-order chi connectivity index (χ1) is 22.7. The molecule has 10 nitrogen and oxygen atoms in total. The lowest BCUT2D eigenvalue weighted by molar-refractivity contribution is -0.139. The van der Waals surface area contributed by atoms with Crippen LogP contribution in [0.2, 0.25) is 0 Å². The Morgan fingerprint density at radius 3 is 2.43 bits per heavy atom. The van der Waals surface area contributed by atoms with Crippen LogP contribution < -0.4 is 24.4 Å². The molecule has 0 N–H and O–H groups in total. The predicted octanol–water partition coefficient (Wildman–Crippen LogP) is 4.89. The van der Waals surface area contributed by atoms with Crippen molar-refractivity contribution in [3.05, 3.63) is 127 Å². The molecule has 1 aliphatic heterocycles. The van der Waals surface area contributed by atoms with Crippen molar-refractivity contribution in [1.29, 1.82) is 0 Å². The number of rotatable bonds is 8. The first-order valence-electron chi connectivity index (χ1n) is 15.0. The van der Waals surface area contributed by atoms with Crippen molar-refractivity contribution in [2.75, 3.05) is 13.7 Å². The van der Waals surface area contributed by atoms with Crippen molar-refractivity contribution >= 4 is 29.4 Å². The molecule has 1 unspecified atom stereocenters. The molecule has 3 aromatic carbocycles. The highest BCUT2D eigenvalue weighted by Crippen LogP contribution is 2.36. The van der Waals surface area contributed by atoms with Crippen LogP contribution in [-0.2, 0) is 14.3 Å². The number of benzene rings is 3. The quantitative estimate of drug-likeness (QED) is 0.174. The lowest BCUT2D eigenvalue weighted by Crippen LogP contribution is -2.40. The van der Waals surface area contributed by atoms with Crippen LogP contribution in [0.1, 0.15) is 43.5 Å². The lowest BCUT2D eigenvalue weighted by atomic mass is 9.95. The molecule has 0 saturated carbocycles. The van der Waals surface area contributed by atoms with E-state index in [1.165, 1.54) is 29.9 Å². The second-order valence-corrected chi connectivity index (χ2v) is 11.9. The molecule has 47 heavy (non-hydrogen) atoms. The van der Waals surface area contributed by atoms with E-state index in [-0.39, 0.29) is 29.2 Å². The Labute approximate surface area is 274 Å². The first-order valence-corrected chi connectivity index (χ1v) is 15.8. The van der Waals surface area contributed by atoms with Gasteiger partial charge in [-0.3, -0.25) is 14.2 Å². The highest BCUT2D eigenvalue weighted by atomic mass is 32.1. The highest BCUT2D eigenvalue weighted by Gasteiger charge is 2.34. The first kappa shape index (κ1) is 31.4. The lowest BCUT2D eigenvalue weighted by Gasteiger charge is -2.25. The zero-order valence-electron chi connectivity index (χ0n) is 26.5. The smallest absolute Gasteiger partial charge is 0.338 e. The third-order valence-electron chi connectivity index (χ3n) is 7.65. The van der Waals surface area contributed by atoms with Gasteiger partial charge in [0.2, 0.25) is 0 Å². The normalized spacial score (nSPS) is 14.4. The van der Waals surface area contributed by atoms with E-state index in [9.17, 15) is 14.4 Å². The van der Waals surface area contributed by atoms with Crippen LogP contribution in [0.15, 0.2) is 100 Å². The summed E-state index contributed by atoms with van der Waals surface area (Å²) >= 11 is 1.22. The van der Waals surface area contributed by atoms with E-state index in [0.29, 0.717) is 26.3 Å². The van der Waals surface area contributed by atoms with Crippen molar-refractivity contribution in [3.8, 4) is 28.4 Å². The summed E-state index contributed by atoms with van der Waals surface area (Å²) in [5.74, 6) is -0.600. The molecule has 3 heterocycles. The van der Waals surface area contributed by atoms with Crippen molar-refractivity contribution in [3.63, 3.8) is 0 Å². The van der Waals surface area contributed by atoms with Gasteiger partial charge in [-0.25, -0.2) is 14.5 Å². The Kier molecular flexibility index (Phi) is 8.73. The number of methoxy groups -OCH3 is 1. The summed E-state index contributed by atoms with van der Waals surface area (Å²) in [6, 6.07) is 21.9. The van der Waals surface area contributed by atoms with Gasteiger partial charge in [0.05, 0.1) is 46.9 Å². The highest BCUT2D eigenvalue weighted by molar-refractivity contribution is 7.07. The van der Waals surface area contributed by atoms with E-state index >= 15 is 0 Å². The molecule has 5 aromatic rings. The standard InChI is InChI=1S/C36H32N4O6S/c1-6-45-35(43)31-22(3)37-36-40(33(31)25-16-17-28(46-23(4)41)29(18-25)44-5)34(42)30(47-36)19-26-20-39(27-10-8-7-9-11-27)38-32(26)24-14-12-21(2)13-15-24/h7-20,33H,6H2,1-5H3/b30-19-. The number of hydrogen-bond acceptors (Lipinski definition) is 9. The molecule has 0 fully saturated rings. The zero-order valence-corrected chi connectivity index (χ0v) is 27.3. The third-order valence-corrected chi connectivity index (χ3v) is 8.63. The predicted molar refractivity (Wildman–Crippen MR) is 178 cm³/mol. The van der Waals surface area contributed by atoms with Crippen molar-refractivity contribution in [1.82, 2.24) is 14.3 Å². The molecule has 11 heteroatoms. The SMILES string of the molecule is CCOC(=O)C1=C(C)N=c2s/c(=C\c3cn(-c4ccccc4)nc3-c3ccc(C)cc3)c(=O)n2C1c1ccc(OC(C)=O)c(OC)c1. The van der Waals surface area contributed by atoms with E-state index in [1.54, 1.807) is 36.7 Å². The maximum absolute atomic E-state index is 14.4. The maximum atomic E-state index is 14.4. The van der Waals surface area contributed by atoms with E-state index in [4.69, 9.17) is 24.3 Å². The molecule has 238 valence electrons. The zero-order chi connectivity index (χ0) is 33.2. The number of nitrogens with zero attached hydrogens (tertiary/aromatic N) is 4. The van der Waals surface area contributed by atoms with Crippen LogP contribution in [0.3, 0.4) is 0 Å². The Balaban J connectivity index is 1.56. The van der Waals surface area contributed by atoms with Crippen molar-refractivity contribution in [2.24, 2.45) is 4.99 Å². The summed E-state index contributed by atoms with van der Waals surface area (Å²) < 4.78 is 19.9. The largest absolute Gasteiger partial charge is 0.493 e. The third kappa shape index (κ3) is 6.17. The van der Waals surface area contributed by atoms with Gasteiger partial charge in [-0.05, 0) is 56.7 Å². The van der Waals surface area contributed by atoms with Crippen LogP contribution in [0.5, 0.6) is 11.5 Å². The Morgan fingerprint density at radius 2 is 1.74 bits per heavy atom. The molecule has 0 radical (unpaired) electrons. The van der Waals surface area contributed by atoms with Gasteiger partial charge in [-0.1, -0.05) is 65.4 Å². The monoisotopic (exact) mass is 648 g/mol. The van der Waals surface area contributed by atoms with Gasteiger partial charge in [-0.2, -0.15) is 5.10 Å². The number of thiazole rings is 1. The Hall–Kier alpha value is -5.55. The minimum Gasteiger partial charge on any atom is -0.493 e. The molecule has 0 saturated heterocycles. The van der Waals surface area contributed by atoms with Gasteiger partial charge < -0.3 is 14.2 Å². The van der Waals surface area contributed by atoms with Gasteiger partial charge in [0.1, 0.15) is 0 Å². The minimum absolute atomic E-state index is 0.147. The second-order valence-electron chi connectivity index (χ2n) is 10.9. The molecule has 1 atom stereocenters. The van der Waals surface area contributed by atoms with Crippen LogP contribution in [-0.4, -0.2) is 40.0 Å². The second kappa shape index (κ2) is 13.1. The molecule has 0 spiro atoms. The van der Waals surface area contributed by atoms with Gasteiger partial charge in [0.15, 0.2) is 16.3 Å². The molecular formula is C36H32N4O6S. The Morgan fingerprint density at radius 1 is 1.00 bits per heavy atom. The van der Waals surface area contributed by atoms with Gasteiger partial charge >= 0.3 is 11.9 Å². The number of carbonyl (C=O) groups is 2. The van der Waals surface area contributed by atoms with Crippen LogP contribution in [0, 0.1) is 6.92 Å². The number of hydrogen-bond donors (Lipinski definition) is 0. The fraction of sp³-hybridized carbons (Fsp3) is 0.194. The molecule has 0 amide bonds. The average Bonchev–Trinajstić information content (AvgIpc) is 3.61. The molecule has 1 aliphatic rings. The van der Waals surface area contributed by atoms with E-state index in [0.717, 1.165) is 22.4 Å². The summed E-state index contributed by atoms with van der Waals surface area (Å²) in [5.41, 5.74) is 5.24. The number of esters is 2. The van der Waals surface area contributed by atoms with Crippen molar-refractivity contribution in [2.45, 2.75) is 33.7 Å². The van der Waals surface area contributed by atoms with Crippen molar-refractivity contribution < 1.29 is 23.8 Å². The molecular weight excluding hydrogens is 616 g/mol. The van der Waals surface area contributed by atoms with Gasteiger partial charge in [0, 0.05) is 24.2 Å². The fourth-order valence-electron chi connectivity index (χ4n) is 5.48. The van der Waals surface area contributed by atoms with Gasteiger partial charge in [-0.15, -0.1) is 0 Å². The number of aryl methyl sites for hydroxylation is 1. The number of aromatic nitrogens is 3. The number of allylic oxidation sites excluding steroid dienone is 1. The summed E-state index contributed by atoms with van der Waals surface area (Å²) in [4.78, 5) is 44.5. The summed E-state index contributed by atoms with van der Waals surface area (Å²) in [6.07, 6.45) is 3.71.